The average molecular weight is 221 g/mol. The minimum absolute atomic E-state index is 0.730. The number of aryl methyl sites for hydroxylation is 2. The summed E-state index contributed by atoms with van der Waals surface area (Å²) in [5.41, 5.74) is 3.39. The molecule has 0 aliphatic heterocycles. The van der Waals surface area contributed by atoms with Crippen molar-refractivity contribution < 1.29 is 4.52 Å². The van der Waals surface area contributed by atoms with E-state index in [1.807, 2.05) is 13.8 Å². The van der Waals surface area contributed by atoms with Crippen molar-refractivity contribution in [3.05, 3.63) is 29.2 Å². The molecule has 0 aliphatic rings. The lowest BCUT2D eigenvalue weighted by molar-refractivity contribution is 0.409. The summed E-state index contributed by atoms with van der Waals surface area (Å²) in [6.07, 6.45) is 2.12. The van der Waals surface area contributed by atoms with Crippen LogP contribution in [0.4, 0.5) is 0 Å². The zero-order valence-corrected chi connectivity index (χ0v) is 9.45. The maximum Gasteiger partial charge on any atom is 0.213 e. The van der Waals surface area contributed by atoms with Gasteiger partial charge in [-0.05, 0) is 13.8 Å². The summed E-state index contributed by atoms with van der Waals surface area (Å²) in [7, 11) is 0. The quantitative estimate of drug-likeness (QED) is 0.728. The lowest BCUT2D eigenvalue weighted by Gasteiger charge is -2.02. The highest BCUT2D eigenvalue weighted by atomic mass is 16.5. The molecular weight excluding hydrogens is 206 g/mol. The zero-order valence-electron chi connectivity index (χ0n) is 9.45. The Kier molecular flexibility index (Phi) is 3.31. The summed E-state index contributed by atoms with van der Waals surface area (Å²) < 4.78 is 4.65. The topological polar surface area (TPSA) is 79.6 Å². The van der Waals surface area contributed by atoms with Crippen molar-refractivity contribution in [3.8, 4) is 0 Å². The molecule has 86 valence electrons. The van der Waals surface area contributed by atoms with E-state index in [1.54, 1.807) is 0 Å². The van der Waals surface area contributed by atoms with E-state index >= 15 is 0 Å². The molecule has 0 bridgehead atoms. The molecule has 6 nitrogen and oxygen atoms in total. The third-order valence-electron chi connectivity index (χ3n) is 2.51. The predicted octanol–water partition coefficient (Wildman–Crippen LogP) is 0.742. The molecular formula is C10H15N5O. The molecule has 0 atom stereocenters. The lowest BCUT2D eigenvalue weighted by atomic mass is 10.2. The van der Waals surface area contributed by atoms with E-state index in [0.717, 1.165) is 36.7 Å². The summed E-state index contributed by atoms with van der Waals surface area (Å²) in [5.74, 6) is 0.730. The summed E-state index contributed by atoms with van der Waals surface area (Å²) in [4.78, 5) is 3.95. The molecule has 0 unspecified atom stereocenters. The van der Waals surface area contributed by atoms with Crippen LogP contribution in [0, 0.1) is 13.8 Å². The van der Waals surface area contributed by atoms with Crippen LogP contribution in [-0.2, 0) is 13.0 Å². The zero-order chi connectivity index (χ0) is 11.4. The van der Waals surface area contributed by atoms with Gasteiger partial charge in [0.25, 0.3) is 0 Å². The second-order valence-corrected chi connectivity index (χ2v) is 3.69. The Morgan fingerprint density at radius 1 is 1.44 bits per heavy atom. The van der Waals surface area contributed by atoms with Crippen molar-refractivity contribution in [1.29, 1.82) is 0 Å². The molecule has 6 heteroatoms. The fourth-order valence-electron chi connectivity index (χ4n) is 1.55. The summed E-state index contributed by atoms with van der Waals surface area (Å²) >= 11 is 0. The van der Waals surface area contributed by atoms with Gasteiger partial charge in [0.2, 0.25) is 6.39 Å². The molecule has 0 saturated carbocycles. The van der Waals surface area contributed by atoms with Crippen molar-refractivity contribution >= 4 is 0 Å². The van der Waals surface area contributed by atoms with E-state index in [0.29, 0.717) is 0 Å². The van der Waals surface area contributed by atoms with Crippen LogP contribution in [0.15, 0.2) is 10.9 Å². The van der Waals surface area contributed by atoms with Crippen LogP contribution in [-0.4, -0.2) is 26.9 Å². The van der Waals surface area contributed by atoms with Gasteiger partial charge in [-0.1, -0.05) is 5.16 Å². The number of nitrogens with one attached hydrogen (secondary N) is 2. The minimum atomic E-state index is 0.730. The van der Waals surface area contributed by atoms with Gasteiger partial charge in [-0.3, -0.25) is 5.10 Å². The first-order valence-corrected chi connectivity index (χ1v) is 5.24. The van der Waals surface area contributed by atoms with E-state index in [4.69, 9.17) is 0 Å². The molecule has 2 aromatic heterocycles. The van der Waals surface area contributed by atoms with E-state index in [2.05, 4.69) is 30.2 Å². The van der Waals surface area contributed by atoms with Gasteiger partial charge >= 0.3 is 0 Å². The van der Waals surface area contributed by atoms with Gasteiger partial charge in [0, 0.05) is 30.8 Å². The second kappa shape index (κ2) is 4.89. The molecule has 16 heavy (non-hydrogen) atoms. The Bertz CT molecular complexity index is 415. The molecule has 2 aromatic rings. The van der Waals surface area contributed by atoms with Crippen LogP contribution >= 0.6 is 0 Å². The molecule has 0 saturated heterocycles. The van der Waals surface area contributed by atoms with Gasteiger partial charge < -0.3 is 9.84 Å². The van der Waals surface area contributed by atoms with Crippen LogP contribution in [0.25, 0.3) is 0 Å². The predicted molar refractivity (Wildman–Crippen MR) is 57.8 cm³/mol. The van der Waals surface area contributed by atoms with E-state index < -0.39 is 0 Å². The number of hydrogen-bond donors (Lipinski definition) is 2. The Labute approximate surface area is 93.4 Å². The third-order valence-corrected chi connectivity index (χ3v) is 2.51. The molecule has 0 spiro atoms. The second-order valence-electron chi connectivity index (χ2n) is 3.69. The van der Waals surface area contributed by atoms with Gasteiger partial charge in [-0.2, -0.15) is 10.1 Å². The normalized spacial score (nSPS) is 10.9. The monoisotopic (exact) mass is 221 g/mol. The Balaban J connectivity index is 1.76. The van der Waals surface area contributed by atoms with Crippen molar-refractivity contribution in [3.63, 3.8) is 0 Å². The van der Waals surface area contributed by atoms with Crippen molar-refractivity contribution in [2.75, 3.05) is 6.54 Å². The average Bonchev–Trinajstić information content (AvgIpc) is 2.87. The molecule has 0 fully saturated rings. The van der Waals surface area contributed by atoms with Crippen LogP contribution in [0.3, 0.4) is 0 Å². The molecule has 0 radical (unpaired) electrons. The lowest BCUT2D eigenvalue weighted by Crippen LogP contribution is -2.17. The molecule has 2 rings (SSSR count). The molecule has 2 heterocycles. The number of H-pyrrole nitrogens is 1. The fraction of sp³-hybridized carbons (Fsp3) is 0.500. The molecule has 0 aliphatic carbocycles. The highest BCUT2D eigenvalue weighted by Crippen LogP contribution is 2.08. The first-order valence-electron chi connectivity index (χ1n) is 5.24. The molecule has 0 aromatic carbocycles. The van der Waals surface area contributed by atoms with Gasteiger partial charge in [0.05, 0.1) is 5.69 Å². The van der Waals surface area contributed by atoms with Gasteiger partial charge in [-0.25, -0.2) is 0 Å². The smallest absolute Gasteiger partial charge is 0.213 e. The maximum atomic E-state index is 4.65. The molecule has 0 amide bonds. The van der Waals surface area contributed by atoms with E-state index in [-0.39, 0.29) is 0 Å². The third kappa shape index (κ3) is 2.46. The Hall–Kier alpha value is -1.69. The van der Waals surface area contributed by atoms with E-state index in [1.165, 1.54) is 12.0 Å². The van der Waals surface area contributed by atoms with E-state index in [9.17, 15) is 0 Å². The molecule has 2 N–H and O–H groups in total. The van der Waals surface area contributed by atoms with Gasteiger partial charge in [0.1, 0.15) is 0 Å². The minimum Gasteiger partial charge on any atom is -0.343 e. The van der Waals surface area contributed by atoms with Crippen LogP contribution in [0.5, 0.6) is 0 Å². The number of rotatable bonds is 5. The highest BCUT2D eigenvalue weighted by Gasteiger charge is 2.05. The van der Waals surface area contributed by atoms with Crippen LogP contribution in [0.1, 0.15) is 22.8 Å². The largest absolute Gasteiger partial charge is 0.343 e. The first kappa shape index (κ1) is 10.8. The summed E-state index contributed by atoms with van der Waals surface area (Å²) in [6, 6.07) is 0. The van der Waals surface area contributed by atoms with Crippen molar-refractivity contribution in [1.82, 2.24) is 25.7 Å². The van der Waals surface area contributed by atoms with Crippen LogP contribution < -0.4 is 5.32 Å². The summed E-state index contributed by atoms with van der Waals surface area (Å²) in [6.45, 7) is 5.66. The number of hydrogen-bond acceptors (Lipinski definition) is 5. The van der Waals surface area contributed by atoms with Crippen LogP contribution in [0.2, 0.25) is 0 Å². The maximum absolute atomic E-state index is 4.65. The van der Waals surface area contributed by atoms with Crippen molar-refractivity contribution in [2.45, 2.75) is 26.8 Å². The Morgan fingerprint density at radius 3 is 2.94 bits per heavy atom. The Morgan fingerprint density at radius 2 is 2.31 bits per heavy atom. The highest BCUT2D eigenvalue weighted by molar-refractivity contribution is 5.22. The number of nitrogens with zero attached hydrogens (tertiary/aromatic N) is 3. The SMILES string of the molecule is Cc1n[nH]c(C)c1CNCCc1ncon1. The fourth-order valence-corrected chi connectivity index (χ4v) is 1.55. The van der Waals surface area contributed by atoms with Gasteiger partial charge in [-0.15, -0.1) is 0 Å². The first-order chi connectivity index (χ1) is 7.77. The van der Waals surface area contributed by atoms with Crippen molar-refractivity contribution in [2.24, 2.45) is 0 Å². The number of aromatic amines is 1. The number of aromatic nitrogens is 4. The van der Waals surface area contributed by atoms with Gasteiger partial charge in [0.15, 0.2) is 5.82 Å². The standard InChI is InChI=1S/C10H15N5O/c1-7-9(8(2)14-13-7)5-11-4-3-10-12-6-16-15-10/h6,11H,3-5H2,1-2H3,(H,13,14). The summed E-state index contributed by atoms with van der Waals surface area (Å²) in [5, 5.41) is 14.2.